The molecule has 6 heteroatoms. The summed E-state index contributed by atoms with van der Waals surface area (Å²) in [5, 5.41) is 19.4. The summed E-state index contributed by atoms with van der Waals surface area (Å²) < 4.78 is 0. The van der Waals surface area contributed by atoms with E-state index >= 15 is 0 Å². The number of rotatable bonds is 4. The maximum atomic E-state index is 11.4. The Hall–Kier alpha value is -1.77. The molecular weight excluding hydrogens is 198 g/mol. The zero-order chi connectivity index (χ0) is 12.0. The van der Waals surface area contributed by atoms with Gasteiger partial charge in [0.05, 0.1) is 12.0 Å². The first-order valence-corrected chi connectivity index (χ1v) is 4.52. The van der Waals surface area contributed by atoms with Crippen LogP contribution in [0.2, 0.25) is 0 Å². The van der Waals surface area contributed by atoms with Crippen molar-refractivity contribution < 1.29 is 14.7 Å². The van der Waals surface area contributed by atoms with Gasteiger partial charge >= 0.3 is 12.0 Å². The number of amides is 2. The molecule has 1 unspecified atom stereocenters. The zero-order valence-corrected chi connectivity index (χ0v) is 9.02. The average Bonchev–Trinajstić information content (AvgIpc) is 2.16. The highest BCUT2D eigenvalue weighted by atomic mass is 16.4. The second-order valence-corrected chi connectivity index (χ2v) is 3.42. The van der Waals surface area contributed by atoms with Crippen LogP contribution in [-0.2, 0) is 4.79 Å². The second kappa shape index (κ2) is 5.86. The van der Waals surface area contributed by atoms with Crippen molar-refractivity contribution in [2.75, 3.05) is 13.6 Å². The van der Waals surface area contributed by atoms with Gasteiger partial charge in [0.25, 0.3) is 0 Å². The van der Waals surface area contributed by atoms with Gasteiger partial charge in [0.15, 0.2) is 0 Å². The molecule has 0 aromatic heterocycles. The molecule has 0 bridgehead atoms. The van der Waals surface area contributed by atoms with Crippen LogP contribution in [-0.4, -0.2) is 41.6 Å². The molecule has 6 nitrogen and oxygen atoms in total. The minimum absolute atomic E-state index is 0.272. The number of nitrogens with zero attached hydrogens (tertiary/aromatic N) is 2. The molecule has 2 atom stereocenters. The van der Waals surface area contributed by atoms with Gasteiger partial charge in [0, 0.05) is 13.6 Å². The number of nitriles is 1. The maximum absolute atomic E-state index is 11.4. The van der Waals surface area contributed by atoms with Crippen LogP contribution in [0, 0.1) is 17.2 Å². The topological polar surface area (TPSA) is 93.4 Å². The third kappa shape index (κ3) is 4.86. The van der Waals surface area contributed by atoms with E-state index in [1.54, 1.807) is 6.92 Å². The van der Waals surface area contributed by atoms with Crippen molar-refractivity contribution in [3.8, 4) is 6.07 Å². The van der Waals surface area contributed by atoms with E-state index in [4.69, 9.17) is 10.4 Å². The number of hydrogen-bond acceptors (Lipinski definition) is 3. The van der Waals surface area contributed by atoms with Crippen molar-refractivity contribution in [2.24, 2.45) is 5.92 Å². The molecular formula is C9H15N3O3. The minimum atomic E-state index is -1.09. The summed E-state index contributed by atoms with van der Waals surface area (Å²) in [4.78, 5) is 23.1. The molecule has 0 aliphatic carbocycles. The van der Waals surface area contributed by atoms with Gasteiger partial charge in [-0.15, -0.1) is 0 Å². The van der Waals surface area contributed by atoms with Gasteiger partial charge in [-0.25, -0.2) is 4.79 Å². The Morgan fingerprint density at radius 2 is 2.07 bits per heavy atom. The second-order valence-electron chi connectivity index (χ2n) is 3.42. The lowest BCUT2D eigenvalue weighted by Gasteiger charge is -2.20. The third-order valence-corrected chi connectivity index (χ3v) is 1.83. The summed E-state index contributed by atoms with van der Waals surface area (Å²) in [6, 6.07) is 0.562. The molecule has 0 heterocycles. The number of aliphatic carboxylic acids is 1. The van der Waals surface area contributed by atoms with E-state index in [9.17, 15) is 9.59 Å². The van der Waals surface area contributed by atoms with Crippen molar-refractivity contribution in [3.63, 3.8) is 0 Å². The largest absolute Gasteiger partial charge is 0.480 e. The number of carboxylic acid groups (broad SMARTS) is 1. The predicted octanol–water partition coefficient (Wildman–Crippen LogP) is 0.261. The predicted molar refractivity (Wildman–Crippen MR) is 53.0 cm³/mol. The van der Waals surface area contributed by atoms with Crippen molar-refractivity contribution >= 4 is 12.0 Å². The van der Waals surface area contributed by atoms with Crippen LogP contribution in [0.5, 0.6) is 0 Å². The Morgan fingerprint density at radius 1 is 1.53 bits per heavy atom. The molecule has 2 N–H and O–H groups in total. The summed E-state index contributed by atoms with van der Waals surface area (Å²) in [6.07, 6.45) is 0. The fourth-order valence-electron chi connectivity index (χ4n) is 0.892. The third-order valence-electron chi connectivity index (χ3n) is 1.83. The van der Waals surface area contributed by atoms with Gasteiger partial charge in [-0.2, -0.15) is 5.26 Å². The monoisotopic (exact) mass is 213 g/mol. The Bertz CT molecular complexity index is 285. The van der Waals surface area contributed by atoms with Gasteiger partial charge in [0.2, 0.25) is 0 Å². The smallest absolute Gasteiger partial charge is 0.325 e. The molecule has 0 saturated carbocycles. The van der Waals surface area contributed by atoms with Crippen molar-refractivity contribution in [3.05, 3.63) is 0 Å². The lowest BCUT2D eigenvalue weighted by Crippen LogP contribution is -2.46. The highest BCUT2D eigenvalue weighted by Gasteiger charge is 2.17. The lowest BCUT2D eigenvalue weighted by atomic mass is 10.2. The fourth-order valence-corrected chi connectivity index (χ4v) is 0.892. The molecule has 0 saturated heterocycles. The quantitative estimate of drug-likeness (QED) is 0.700. The first-order chi connectivity index (χ1) is 6.88. The summed E-state index contributed by atoms with van der Waals surface area (Å²) >= 11 is 0. The van der Waals surface area contributed by atoms with Crippen LogP contribution in [0.3, 0.4) is 0 Å². The molecule has 0 aromatic carbocycles. The highest BCUT2D eigenvalue weighted by Crippen LogP contribution is 1.96. The summed E-state index contributed by atoms with van der Waals surface area (Å²) in [7, 11) is 1.51. The SMILES string of the molecule is CC(C#N)CN(C)C(=O)N[C@@H](C)C(=O)O. The number of carbonyl (C=O) groups excluding carboxylic acids is 1. The minimum Gasteiger partial charge on any atom is -0.480 e. The van der Waals surface area contributed by atoms with Crippen LogP contribution in [0.15, 0.2) is 0 Å². The van der Waals surface area contributed by atoms with E-state index in [0.29, 0.717) is 0 Å². The molecule has 2 amide bonds. The Morgan fingerprint density at radius 3 is 2.47 bits per heavy atom. The van der Waals surface area contributed by atoms with E-state index in [0.717, 1.165) is 0 Å². The van der Waals surface area contributed by atoms with Gasteiger partial charge in [-0.05, 0) is 13.8 Å². The van der Waals surface area contributed by atoms with Gasteiger partial charge in [-0.3, -0.25) is 4.79 Å². The van der Waals surface area contributed by atoms with Gasteiger partial charge in [-0.1, -0.05) is 0 Å². The molecule has 0 aliphatic heterocycles. The normalized spacial score (nSPS) is 13.5. The highest BCUT2D eigenvalue weighted by molar-refractivity contribution is 5.82. The van der Waals surface area contributed by atoms with Crippen molar-refractivity contribution in [1.29, 1.82) is 5.26 Å². The molecule has 0 spiro atoms. The lowest BCUT2D eigenvalue weighted by molar-refractivity contribution is -0.138. The van der Waals surface area contributed by atoms with Gasteiger partial charge < -0.3 is 15.3 Å². The van der Waals surface area contributed by atoms with Gasteiger partial charge in [0.1, 0.15) is 6.04 Å². The molecule has 0 radical (unpaired) electrons. The number of carboxylic acids is 1. The summed E-state index contributed by atoms with van der Waals surface area (Å²) in [6.45, 7) is 3.33. The molecule has 15 heavy (non-hydrogen) atoms. The Balaban J connectivity index is 4.11. The van der Waals surface area contributed by atoms with Crippen LogP contribution >= 0.6 is 0 Å². The zero-order valence-electron chi connectivity index (χ0n) is 9.02. The van der Waals surface area contributed by atoms with Crippen LogP contribution in [0.4, 0.5) is 4.79 Å². The first kappa shape index (κ1) is 13.2. The molecule has 0 fully saturated rings. The Labute approximate surface area is 88.5 Å². The van der Waals surface area contributed by atoms with Crippen LogP contribution < -0.4 is 5.32 Å². The number of hydrogen-bond donors (Lipinski definition) is 2. The van der Waals surface area contributed by atoms with Crippen LogP contribution in [0.1, 0.15) is 13.8 Å². The first-order valence-electron chi connectivity index (χ1n) is 4.52. The standard InChI is InChI=1S/C9H15N3O3/c1-6(4-10)5-12(3)9(15)11-7(2)8(13)14/h6-7H,5H2,1-3H3,(H,11,15)(H,13,14)/t6?,7-/m0/s1. The van der Waals surface area contributed by atoms with E-state index in [1.165, 1.54) is 18.9 Å². The molecule has 0 aromatic rings. The molecule has 0 rings (SSSR count). The number of carbonyl (C=O) groups is 2. The van der Waals surface area contributed by atoms with Crippen molar-refractivity contribution in [1.82, 2.24) is 10.2 Å². The fraction of sp³-hybridized carbons (Fsp3) is 0.667. The Kier molecular flexibility index (Phi) is 5.16. The van der Waals surface area contributed by atoms with Crippen LogP contribution in [0.25, 0.3) is 0 Å². The van der Waals surface area contributed by atoms with E-state index < -0.39 is 18.0 Å². The van der Waals surface area contributed by atoms with E-state index in [-0.39, 0.29) is 12.5 Å². The number of nitrogens with one attached hydrogen (secondary N) is 1. The number of urea groups is 1. The summed E-state index contributed by atoms with van der Waals surface area (Å²) in [5.74, 6) is -1.37. The molecule has 0 aliphatic rings. The molecule has 84 valence electrons. The average molecular weight is 213 g/mol. The summed E-state index contributed by atoms with van der Waals surface area (Å²) in [5.41, 5.74) is 0. The van der Waals surface area contributed by atoms with E-state index in [1.807, 2.05) is 6.07 Å². The van der Waals surface area contributed by atoms with E-state index in [2.05, 4.69) is 5.32 Å². The van der Waals surface area contributed by atoms with Crippen molar-refractivity contribution in [2.45, 2.75) is 19.9 Å². The maximum Gasteiger partial charge on any atom is 0.325 e.